The molecule has 0 bridgehead atoms. The van der Waals surface area contributed by atoms with Crippen molar-refractivity contribution < 1.29 is 18.7 Å². The SMILES string of the molecule is CCOc1c(C)cc(NC(=O)OCCF)cc1C. The molecule has 0 heterocycles. The number of benzene rings is 1. The molecule has 1 amide bonds. The van der Waals surface area contributed by atoms with E-state index in [-0.39, 0.29) is 6.61 Å². The van der Waals surface area contributed by atoms with Gasteiger partial charge in [-0.2, -0.15) is 0 Å². The van der Waals surface area contributed by atoms with E-state index in [1.165, 1.54) is 0 Å². The maximum Gasteiger partial charge on any atom is 0.411 e. The molecule has 1 aromatic carbocycles. The minimum Gasteiger partial charge on any atom is -0.493 e. The van der Waals surface area contributed by atoms with Crippen molar-refractivity contribution in [2.24, 2.45) is 0 Å². The summed E-state index contributed by atoms with van der Waals surface area (Å²) in [6, 6.07) is 3.57. The molecule has 0 saturated carbocycles. The van der Waals surface area contributed by atoms with Gasteiger partial charge in [0.2, 0.25) is 0 Å². The number of amides is 1. The second kappa shape index (κ2) is 6.83. The number of carbonyl (C=O) groups is 1. The largest absolute Gasteiger partial charge is 0.493 e. The fourth-order valence-electron chi connectivity index (χ4n) is 1.68. The van der Waals surface area contributed by atoms with E-state index in [1.54, 1.807) is 12.1 Å². The zero-order valence-corrected chi connectivity index (χ0v) is 10.9. The van der Waals surface area contributed by atoms with Gasteiger partial charge in [0.15, 0.2) is 0 Å². The van der Waals surface area contributed by atoms with E-state index < -0.39 is 12.8 Å². The molecule has 18 heavy (non-hydrogen) atoms. The lowest BCUT2D eigenvalue weighted by molar-refractivity contribution is 0.152. The minimum absolute atomic E-state index is 0.235. The number of aryl methyl sites for hydroxylation is 2. The first-order valence-electron chi connectivity index (χ1n) is 5.82. The first-order chi connectivity index (χ1) is 8.58. The lowest BCUT2D eigenvalue weighted by Crippen LogP contribution is -2.15. The van der Waals surface area contributed by atoms with Crippen LogP contribution in [0.2, 0.25) is 0 Å². The van der Waals surface area contributed by atoms with E-state index in [4.69, 9.17) is 4.74 Å². The molecule has 0 spiro atoms. The van der Waals surface area contributed by atoms with Crippen molar-refractivity contribution >= 4 is 11.8 Å². The van der Waals surface area contributed by atoms with Gasteiger partial charge >= 0.3 is 6.09 Å². The summed E-state index contributed by atoms with van der Waals surface area (Å²) in [6.45, 7) is 5.38. The molecule has 100 valence electrons. The van der Waals surface area contributed by atoms with Gasteiger partial charge in [-0.3, -0.25) is 5.32 Å². The molecule has 0 aromatic heterocycles. The molecular weight excluding hydrogens is 237 g/mol. The third kappa shape index (κ3) is 3.91. The molecule has 0 unspecified atom stereocenters. The van der Waals surface area contributed by atoms with Gasteiger partial charge < -0.3 is 9.47 Å². The number of nitrogens with one attached hydrogen (secondary N) is 1. The highest BCUT2D eigenvalue weighted by atomic mass is 19.1. The molecule has 1 N–H and O–H groups in total. The maximum atomic E-state index is 11.8. The fraction of sp³-hybridized carbons (Fsp3) is 0.462. The van der Waals surface area contributed by atoms with Crippen LogP contribution in [0.3, 0.4) is 0 Å². The molecule has 0 aliphatic carbocycles. The van der Waals surface area contributed by atoms with Gasteiger partial charge in [0.1, 0.15) is 19.0 Å². The van der Waals surface area contributed by atoms with Crippen molar-refractivity contribution in [3.05, 3.63) is 23.3 Å². The van der Waals surface area contributed by atoms with Crippen molar-refractivity contribution in [3.8, 4) is 5.75 Å². The van der Waals surface area contributed by atoms with Gasteiger partial charge in [-0.15, -0.1) is 0 Å². The van der Waals surface area contributed by atoms with Crippen LogP contribution in [0.4, 0.5) is 14.9 Å². The summed E-state index contributed by atoms with van der Waals surface area (Å²) in [5.74, 6) is 0.820. The van der Waals surface area contributed by atoms with E-state index in [0.717, 1.165) is 16.9 Å². The van der Waals surface area contributed by atoms with Gasteiger partial charge in [-0.1, -0.05) is 0 Å². The number of hydrogen-bond acceptors (Lipinski definition) is 3. The predicted octanol–water partition coefficient (Wildman–Crippen LogP) is 3.22. The van der Waals surface area contributed by atoms with Crippen LogP contribution in [0.1, 0.15) is 18.1 Å². The van der Waals surface area contributed by atoms with E-state index in [2.05, 4.69) is 10.1 Å². The highest BCUT2D eigenvalue weighted by Gasteiger charge is 2.08. The first-order valence-corrected chi connectivity index (χ1v) is 5.82. The Morgan fingerprint density at radius 3 is 2.44 bits per heavy atom. The van der Waals surface area contributed by atoms with E-state index >= 15 is 0 Å². The standard InChI is InChI=1S/C13H18FNO3/c1-4-17-12-9(2)7-11(8-10(12)3)15-13(16)18-6-5-14/h7-8H,4-6H2,1-3H3,(H,15,16). The lowest BCUT2D eigenvalue weighted by atomic mass is 10.1. The summed E-state index contributed by atoms with van der Waals surface area (Å²) < 4.78 is 21.9. The predicted molar refractivity (Wildman–Crippen MR) is 68.0 cm³/mol. The average molecular weight is 255 g/mol. The number of rotatable bonds is 5. The van der Waals surface area contributed by atoms with Crippen molar-refractivity contribution in [2.75, 3.05) is 25.2 Å². The summed E-state index contributed by atoms with van der Waals surface area (Å²) in [5.41, 5.74) is 2.47. The van der Waals surface area contributed by atoms with Crippen molar-refractivity contribution in [3.63, 3.8) is 0 Å². The molecule has 1 aromatic rings. The Kier molecular flexibility index (Phi) is 5.42. The zero-order valence-electron chi connectivity index (χ0n) is 10.9. The van der Waals surface area contributed by atoms with Crippen LogP contribution in [0.15, 0.2) is 12.1 Å². The van der Waals surface area contributed by atoms with Crippen molar-refractivity contribution in [1.29, 1.82) is 0 Å². The number of halogens is 1. The molecular formula is C13H18FNO3. The number of hydrogen-bond donors (Lipinski definition) is 1. The molecule has 0 fully saturated rings. The normalized spacial score (nSPS) is 10.0. The van der Waals surface area contributed by atoms with Crippen LogP contribution < -0.4 is 10.1 Å². The molecule has 0 saturated heterocycles. The summed E-state index contributed by atoms with van der Waals surface area (Å²) in [4.78, 5) is 11.3. The van der Waals surface area contributed by atoms with Gasteiger partial charge in [-0.25, -0.2) is 9.18 Å². The van der Waals surface area contributed by atoms with Gasteiger partial charge in [-0.05, 0) is 44.0 Å². The summed E-state index contributed by atoms with van der Waals surface area (Å²) in [6.07, 6.45) is -0.657. The Labute approximate surface area is 106 Å². The van der Waals surface area contributed by atoms with Gasteiger partial charge in [0.05, 0.1) is 6.61 Å². The third-order valence-electron chi connectivity index (χ3n) is 2.31. The van der Waals surface area contributed by atoms with Gasteiger partial charge in [0, 0.05) is 5.69 Å². The number of ether oxygens (including phenoxy) is 2. The number of alkyl halides is 1. The van der Waals surface area contributed by atoms with Crippen LogP contribution >= 0.6 is 0 Å². The highest BCUT2D eigenvalue weighted by molar-refractivity contribution is 5.85. The molecule has 1 rings (SSSR count). The summed E-state index contributed by atoms with van der Waals surface area (Å²) in [5, 5.41) is 2.54. The summed E-state index contributed by atoms with van der Waals surface area (Å²) in [7, 11) is 0. The van der Waals surface area contributed by atoms with E-state index in [9.17, 15) is 9.18 Å². The Bertz CT molecular complexity index is 398. The topological polar surface area (TPSA) is 47.6 Å². The maximum absolute atomic E-state index is 11.8. The molecule has 0 radical (unpaired) electrons. The monoisotopic (exact) mass is 255 g/mol. The Morgan fingerprint density at radius 1 is 1.33 bits per heavy atom. The van der Waals surface area contributed by atoms with Crippen LogP contribution in [-0.4, -0.2) is 26.0 Å². The summed E-state index contributed by atoms with van der Waals surface area (Å²) >= 11 is 0. The Morgan fingerprint density at radius 2 is 1.94 bits per heavy atom. The lowest BCUT2D eigenvalue weighted by Gasteiger charge is -2.13. The molecule has 4 nitrogen and oxygen atoms in total. The fourth-order valence-corrected chi connectivity index (χ4v) is 1.68. The van der Waals surface area contributed by atoms with Crippen LogP contribution in [-0.2, 0) is 4.74 Å². The quantitative estimate of drug-likeness (QED) is 0.878. The van der Waals surface area contributed by atoms with Crippen LogP contribution in [0.5, 0.6) is 5.75 Å². The van der Waals surface area contributed by atoms with Crippen molar-refractivity contribution in [1.82, 2.24) is 0 Å². The molecule has 0 aliphatic heterocycles. The highest BCUT2D eigenvalue weighted by Crippen LogP contribution is 2.27. The molecule has 0 aliphatic rings. The third-order valence-corrected chi connectivity index (χ3v) is 2.31. The average Bonchev–Trinajstić information content (AvgIpc) is 2.31. The zero-order chi connectivity index (χ0) is 13.5. The second-order valence-electron chi connectivity index (χ2n) is 3.82. The van der Waals surface area contributed by atoms with Crippen molar-refractivity contribution in [2.45, 2.75) is 20.8 Å². The molecule has 0 atom stereocenters. The Balaban J connectivity index is 2.76. The minimum atomic E-state index is -0.686. The second-order valence-corrected chi connectivity index (χ2v) is 3.82. The number of anilines is 1. The van der Waals surface area contributed by atoms with Crippen LogP contribution in [0.25, 0.3) is 0 Å². The van der Waals surface area contributed by atoms with E-state index in [1.807, 2.05) is 20.8 Å². The molecule has 5 heteroatoms. The Hall–Kier alpha value is -1.78. The van der Waals surface area contributed by atoms with Crippen LogP contribution in [0, 0.1) is 13.8 Å². The number of carbonyl (C=O) groups excluding carboxylic acids is 1. The van der Waals surface area contributed by atoms with E-state index in [0.29, 0.717) is 12.3 Å². The van der Waals surface area contributed by atoms with Gasteiger partial charge in [0.25, 0.3) is 0 Å². The smallest absolute Gasteiger partial charge is 0.411 e. The first kappa shape index (κ1) is 14.3.